The number of aromatic nitrogens is 1. The van der Waals surface area contributed by atoms with Crippen LogP contribution in [0.1, 0.15) is 62.6 Å². The van der Waals surface area contributed by atoms with E-state index in [1.165, 1.54) is 13.0 Å². The van der Waals surface area contributed by atoms with Gasteiger partial charge in [0.15, 0.2) is 0 Å². The number of aryl methyl sites for hydroxylation is 1. The Kier molecular flexibility index (Phi) is 6.06. The molecule has 0 aromatic carbocycles. The van der Waals surface area contributed by atoms with Crippen LogP contribution in [-0.2, 0) is 9.59 Å². The average molecular weight is 450 g/mol. The Morgan fingerprint density at radius 1 is 1.28 bits per heavy atom. The van der Waals surface area contributed by atoms with Crippen molar-refractivity contribution in [1.29, 1.82) is 5.26 Å². The zero-order chi connectivity index (χ0) is 23.9. The van der Waals surface area contributed by atoms with Crippen LogP contribution in [-0.4, -0.2) is 46.3 Å². The number of amides is 3. The average Bonchev–Trinajstić information content (AvgIpc) is 2.98. The minimum atomic E-state index is -2.92. The highest BCUT2D eigenvalue weighted by atomic mass is 19.3. The largest absolute Gasteiger partial charge is 0.355 e. The molecule has 0 radical (unpaired) electrons. The van der Waals surface area contributed by atoms with E-state index in [0.717, 1.165) is 5.69 Å². The molecule has 174 valence electrons. The summed E-state index contributed by atoms with van der Waals surface area (Å²) in [5, 5.41) is 17.4. The van der Waals surface area contributed by atoms with Crippen molar-refractivity contribution < 1.29 is 23.2 Å². The summed E-state index contributed by atoms with van der Waals surface area (Å²) < 4.78 is 27.7. The van der Waals surface area contributed by atoms with Gasteiger partial charge in [-0.25, -0.2) is 8.78 Å². The topological polar surface area (TPSA) is 127 Å². The molecule has 8 nitrogen and oxygen atoms in total. The molecular formula is C22H29F2N5O3. The third-order valence-electron chi connectivity index (χ3n) is 6.30. The van der Waals surface area contributed by atoms with Gasteiger partial charge in [-0.15, -0.1) is 0 Å². The Balaban J connectivity index is 1.70. The Hall–Kier alpha value is -2.96. The first-order valence-electron chi connectivity index (χ1n) is 10.6. The molecule has 1 aliphatic carbocycles. The van der Waals surface area contributed by atoms with Crippen LogP contribution in [0.5, 0.6) is 0 Å². The van der Waals surface area contributed by atoms with Crippen LogP contribution in [0, 0.1) is 29.6 Å². The minimum Gasteiger partial charge on any atom is -0.355 e. The highest BCUT2D eigenvalue weighted by molar-refractivity contribution is 5.96. The lowest BCUT2D eigenvalue weighted by Gasteiger charge is -2.24. The van der Waals surface area contributed by atoms with E-state index in [1.54, 1.807) is 13.0 Å². The molecule has 0 spiro atoms. The van der Waals surface area contributed by atoms with Crippen molar-refractivity contribution in [3.8, 4) is 6.07 Å². The van der Waals surface area contributed by atoms with Gasteiger partial charge in [0.25, 0.3) is 11.8 Å². The molecule has 2 aliphatic rings. The van der Waals surface area contributed by atoms with E-state index < -0.39 is 46.7 Å². The van der Waals surface area contributed by atoms with Crippen LogP contribution >= 0.6 is 0 Å². The fourth-order valence-corrected chi connectivity index (χ4v) is 4.29. The molecule has 3 amide bonds. The van der Waals surface area contributed by atoms with Gasteiger partial charge < -0.3 is 20.9 Å². The molecular weight excluding hydrogens is 420 g/mol. The minimum absolute atomic E-state index is 0.0986. The highest BCUT2D eigenvalue weighted by Crippen LogP contribution is 2.62. The monoisotopic (exact) mass is 449 g/mol. The van der Waals surface area contributed by atoms with Gasteiger partial charge in [0, 0.05) is 29.0 Å². The second kappa shape index (κ2) is 8.19. The molecule has 4 atom stereocenters. The number of nitriles is 1. The number of carbonyl (C=O) groups is 3. The Labute approximate surface area is 185 Å². The molecule has 2 heterocycles. The Morgan fingerprint density at radius 3 is 2.41 bits per heavy atom. The molecule has 32 heavy (non-hydrogen) atoms. The van der Waals surface area contributed by atoms with Crippen molar-refractivity contribution >= 4 is 17.7 Å². The van der Waals surface area contributed by atoms with Gasteiger partial charge in [-0.3, -0.25) is 14.4 Å². The van der Waals surface area contributed by atoms with Gasteiger partial charge in [-0.2, -0.15) is 5.26 Å². The SMILES string of the molecule is Cc1ccc(C(=O)NC(CC2(C)CC2(F)F)C(=O)NC(C#N)CC2CC(C)(C)NC2=O)[nH]1. The van der Waals surface area contributed by atoms with Gasteiger partial charge in [-0.1, -0.05) is 6.92 Å². The number of rotatable bonds is 8. The molecule has 4 unspecified atom stereocenters. The maximum absolute atomic E-state index is 13.8. The summed E-state index contributed by atoms with van der Waals surface area (Å²) in [4.78, 5) is 40.5. The Bertz CT molecular complexity index is 967. The molecule has 1 aromatic rings. The predicted octanol–water partition coefficient (Wildman–Crippen LogP) is 2.17. The van der Waals surface area contributed by atoms with E-state index in [1.807, 2.05) is 19.9 Å². The number of H-pyrrole nitrogens is 1. The maximum Gasteiger partial charge on any atom is 0.268 e. The zero-order valence-corrected chi connectivity index (χ0v) is 18.6. The smallest absolute Gasteiger partial charge is 0.268 e. The number of hydrogen-bond acceptors (Lipinski definition) is 4. The van der Waals surface area contributed by atoms with Crippen LogP contribution < -0.4 is 16.0 Å². The maximum atomic E-state index is 13.8. The molecule has 2 fully saturated rings. The van der Waals surface area contributed by atoms with Gasteiger partial charge in [-0.05, 0) is 52.2 Å². The number of carbonyl (C=O) groups excluding carboxylic acids is 3. The predicted molar refractivity (Wildman–Crippen MR) is 112 cm³/mol. The number of nitrogens with one attached hydrogen (secondary N) is 4. The van der Waals surface area contributed by atoms with Gasteiger partial charge >= 0.3 is 0 Å². The third-order valence-corrected chi connectivity index (χ3v) is 6.30. The first-order chi connectivity index (χ1) is 14.7. The summed E-state index contributed by atoms with van der Waals surface area (Å²) >= 11 is 0. The fourth-order valence-electron chi connectivity index (χ4n) is 4.29. The summed E-state index contributed by atoms with van der Waals surface area (Å²) in [5.41, 5.74) is -0.873. The van der Waals surface area contributed by atoms with Crippen molar-refractivity contribution in [3.05, 3.63) is 23.5 Å². The first kappa shape index (κ1) is 23.7. The molecule has 1 saturated heterocycles. The second-order valence-corrected chi connectivity index (χ2v) is 9.93. The zero-order valence-electron chi connectivity index (χ0n) is 18.6. The van der Waals surface area contributed by atoms with Crippen LogP contribution in [0.25, 0.3) is 0 Å². The summed E-state index contributed by atoms with van der Waals surface area (Å²) in [7, 11) is 0. The first-order valence-corrected chi connectivity index (χ1v) is 10.6. The molecule has 1 aliphatic heterocycles. The van der Waals surface area contributed by atoms with Crippen LogP contribution in [0.4, 0.5) is 8.78 Å². The molecule has 1 saturated carbocycles. The van der Waals surface area contributed by atoms with Crippen molar-refractivity contribution in [2.45, 2.75) is 76.9 Å². The summed E-state index contributed by atoms with van der Waals surface area (Å²) in [6, 6.07) is 2.93. The van der Waals surface area contributed by atoms with Crippen molar-refractivity contribution in [2.75, 3.05) is 0 Å². The van der Waals surface area contributed by atoms with E-state index in [0.29, 0.717) is 6.42 Å². The van der Waals surface area contributed by atoms with Crippen LogP contribution in [0.2, 0.25) is 0 Å². The van der Waals surface area contributed by atoms with E-state index in [9.17, 15) is 28.4 Å². The van der Waals surface area contributed by atoms with Gasteiger partial charge in [0.05, 0.1) is 6.07 Å². The summed E-state index contributed by atoms with van der Waals surface area (Å²) in [5.74, 6) is -4.88. The lowest BCUT2D eigenvalue weighted by molar-refractivity contribution is -0.125. The van der Waals surface area contributed by atoms with Crippen molar-refractivity contribution in [1.82, 2.24) is 20.9 Å². The van der Waals surface area contributed by atoms with Gasteiger partial charge in [0.2, 0.25) is 11.8 Å². The van der Waals surface area contributed by atoms with Crippen molar-refractivity contribution in [2.24, 2.45) is 11.3 Å². The molecule has 1 aromatic heterocycles. The fraction of sp³-hybridized carbons (Fsp3) is 0.636. The quantitative estimate of drug-likeness (QED) is 0.485. The summed E-state index contributed by atoms with van der Waals surface area (Å²) in [6.07, 6.45) is -0.0371. The number of alkyl halides is 2. The number of nitrogens with zero attached hydrogens (tertiary/aromatic N) is 1. The van der Waals surface area contributed by atoms with E-state index >= 15 is 0 Å². The lowest BCUT2D eigenvalue weighted by Crippen LogP contribution is -2.51. The van der Waals surface area contributed by atoms with E-state index in [4.69, 9.17) is 0 Å². The lowest BCUT2D eigenvalue weighted by atomic mass is 9.91. The highest BCUT2D eigenvalue weighted by Gasteiger charge is 2.68. The van der Waals surface area contributed by atoms with E-state index in [-0.39, 0.29) is 30.9 Å². The van der Waals surface area contributed by atoms with Crippen molar-refractivity contribution in [3.63, 3.8) is 0 Å². The van der Waals surface area contributed by atoms with E-state index in [2.05, 4.69) is 20.9 Å². The molecule has 10 heteroatoms. The summed E-state index contributed by atoms with van der Waals surface area (Å²) in [6.45, 7) is 6.86. The van der Waals surface area contributed by atoms with Crippen LogP contribution in [0.15, 0.2) is 12.1 Å². The molecule has 3 rings (SSSR count). The second-order valence-electron chi connectivity index (χ2n) is 9.93. The number of aromatic amines is 1. The van der Waals surface area contributed by atoms with Gasteiger partial charge in [0.1, 0.15) is 17.8 Å². The third kappa shape index (κ3) is 5.09. The number of halogens is 2. The standard InChI is InChI=1S/C22H29F2N5O3/c1-12-5-6-15(26-12)18(31)28-16(9-21(4)11-22(21,23)24)19(32)27-14(10-25)7-13-8-20(2,3)29-17(13)30/h5-6,13-14,16,26H,7-9,11H2,1-4H3,(H,27,32)(H,28,31)(H,29,30). The molecule has 4 N–H and O–H groups in total. The van der Waals surface area contributed by atoms with Crippen LogP contribution in [0.3, 0.4) is 0 Å². The normalized spacial score (nSPS) is 27.0. The number of hydrogen-bond donors (Lipinski definition) is 4. The Morgan fingerprint density at radius 2 is 1.94 bits per heavy atom. The molecule has 0 bridgehead atoms.